The van der Waals surface area contributed by atoms with Crippen LogP contribution in [0.1, 0.15) is 24.2 Å². The number of amides is 3. The first-order chi connectivity index (χ1) is 10.3. The van der Waals surface area contributed by atoms with Gasteiger partial charge in [-0.25, -0.2) is 14.0 Å². The van der Waals surface area contributed by atoms with Crippen molar-refractivity contribution in [2.24, 2.45) is 5.92 Å². The highest BCUT2D eigenvalue weighted by Crippen LogP contribution is 2.15. The molecule has 1 rings (SSSR count). The van der Waals surface area contributed by atoms with Gasteiger partial charge in [-0.15, -0.1) is 0 Å². The van der Waals surface area contributed by atoms with Crippen LogP contribution in [0.2, 0.25) is 5.02 Å². The zero-order valence-corrected chi connectivity index (χ0v) is 12.9. The lowest BCUT2D eigenvalue weighted by molar-refractivity contribution is -0.123. The van der Waals surface area contributed by atoms with Crippen molar-refractivity contribution in [1.29, 1.82) is 0 Å². The van der Waals surface area contributed by atoms with Gasteiger partial charge in [0.25, 0.3) is 5.91 Å². The fourth-order valence-electron chi connectivity index (χ4n) is 1.37. The van der Waals surface area contributed by atoms with E-state index in [0.29, 0.717) is 6.54 Å². The van der Waals surface area contributed by atoms with Crippen molar-refractivity contribution >= 4 is 29.5 Å². The van der Waals surface area contributed by atoms with Gasteiger partial charge in [0.2, 0.25) is 0 Å². The molecule has 0 aliphatic carbocycles. The molecular formula is C14H16ClFN2O4. The lowest BCUT2D eigenvalue weighted by Gasteiger charge is -2.09. The van der Waals surface area contributed by atoms with Gasteiger partial charge in [0.15, 0.2) is 6.61 Å². The van der Waals surface area contributed by atoms with E-state index in [1.807, 2.05) is 19.2 Å². The van der Waals surface area contributed by atoms with Crippen molar-refractivity contribution < 1.29 is 23.5 Å². The van der Waals surface area contributed by atoms with E-state index in [9.17, 15) is 18.8 Å². The van der Waals surface area contributed by atoms with Crippen LogP contribution in [-0.4, -0.2) is 31.1 Å². The van der Waals surface area contributed by atoms with Crippen LogP contribution >= 0.6 is 11.6 Å². The molecule has 0 heterocycles. The predicted octanol–water partition coefficient (Wildman–Crippen LogP) is 2.12. The molecule has 6 nitrogen and oxygen atoms in total. The molecule has 2 N–H and O–H groups in total. The van der Waals surface area contributed by atoms with E-state index in [1.54, 1.807) is 0 Å². The Labute approximate surface area is 132 Å². The number of nitrogens with one attached hydrogen (secondary N) is 2. The highest BCUT2D eigenvalue weighted by atomic mass is 35.5. The summed E-state index contributed by atoms with van der Waals surface area (Å²) in [7, 11) is 0. The van der Waals surface area contributed by atoms with Gasteiger partial charge in [-0.3, -0.25) is 10.1 Å². The number of hydrogen-bond donors (Lipinski definition) is 2. The van der Waals surface area contributed by atoms with Crippen molar-refractivity contribution in [3.05, 3.63) is 34.6 Å². The van der Waals surface area contributed by atoms with Crippen LogP contribution < -0.4 is 10.6 Å². The molecule has 0 aliphatic heterocycles. The van der Waals surface area contributed by atoms with E-state index in [1.165, 1.54) is 6.07 Å². The minimum Gasteiger partial charge on any atom is -0.452 e. The topological polar surface area (TPSA) is 84.5 Å². The fraction of sp³-hybridized carbons (Fsp3) is 0.357. The Morgan fingerprint density at radius 1 is 1.32 bits per heavy atom. The lowest BCUT2D eigenvalue weighted by atomic mass is 10.2. The van der Waals surface area contributed by atoms with Gasteiger partial charge in [-0.05, 0) is 24.1 Å². The van der Waals surface area contributed by atoms with E-state index in [4.69, 9.17) is 11.6 Å². The maximum atomic E-state index is 13.4. The van der Waals surface area contributed by atoms with Crippen LogP contribution in [0.3, 0.4) is 0 Å². The maximum absolute atomic E-state index is 13.4. The molecule has 0 atom stereocenters. The number of carbonyl (C=O) groups is 3. The summed E-state index contributed by atoms with van der Waals surface area (Å²) in [5.41, 5.74) is -0.385. The van der Waals surface area contributed by atoms with Crippen molar-refractivity contribution in [3.63, 3.8) is 0 Å². The number of benzene rings is 1. The summed E-state index contributed by atoms with van der Waals surface area (Å²) in [6.45, 7) is 3.47. The number of urea groups is 1. The molecule has 0 aliphatic rings. The zero-order valence-electron chi connectivity index (χ0n) is 12.1. The number of rotatable bonds is 5. The number of halogens is 2. The van der Waals surface area contributed by atoms with Gasteiger partial charge in [0.05, 0.1) is 5.56 Å². The van der Waals surface area contributed by atoms with E-state index in [-0.39, 0.29) is 16.5 Å². The molecule has 0 unspecified atom stereocenters. The van der Waals surface area contributed by atoms with E-state index in [2.05, 4.69) is 10.1 Å². The third-order valence-corrected chi connectivity index (χ3v) is 2.64. The molecular weight excluding hydrogens is 315 g/mol. The van der Waals surface area contributed by atoms with Crippen LogP contribution in [0.4, 0.5) is 9.18 Å². The first kappa shape index (κ1) is 17.9. The lowest BCUT2D eigenvalue weighted by Crippen LogP contribution is -2.42. The van der Waals surface area contributed by atoms with Gasteiger partial charge in [0, 0.05) is 11.6 Å². The smallest absolute Gasteiger partial charge is 0.341 e. The normalized spacial score (nSPS) is 10.2. The minimum absolute atomic E-state index is 0.158. The second-order valence-electron chi connectivity index (χ2n) is 4.85. The van der Waals surface area contributed by atoms with Gasteiger partial charge in [-0.2, -0.15) is 0 Å². The van der Waals surface area contributed by atoms with Crippen molar-refractivity contribution in [3.8, 4) is 0 Å². The molecule has 3 amide bonds. The Morgan fingerprint density at radius 3 is 2.64 bits per heavy atom. The molecule has 1 aromatic rings. The molecule has 0 fully saturated rings. The molecule has 0 radical (unpaired) electrons. The first-order valence-corrected chi connectivity index (χ1v) is 6.87. The summed E-state index contributed by atoms with van der Waals surface area (Å²) in [6.07, 6.45) is 0. The number of carbonyl (C=O) groups excluding carboxylic acids is 3. The highest BCUT2D eigenvalue weighted by molar-refractivity contribution is 6.30. The number of imide groups is 1. The quantitative estimate of drug-likeness (QED) is 0.810. The maximum Gasteiger partial charge on any atom is 0.341 e. The van der Waals surface area contributed by atoms with Gasteiger partial charge >= 0.3 is 12.0 Å². The summed E-state index contributed by atoms with van der Waals surface area (Å²) in [4.78, 5) is 34.3. The van der Waals surface area contributed by atoms with Crippen LogP contribution in [0.5, 0.6) is 0 Å². The molecule has 0 saturated carbocycles. The van der Waals surface area contributed by atoms with Crippen LogP contribution in [0.15, 0.2) is 18.2 Å². The molecule has 0 saturated heterocycles. The average Bonchev–Trinajstić information content (AvgIpc) is 2.45. The number of ether oxygens (including phenoxy) is 1. The Bertz CT molecular complexity index is 578. The first-order valence-electron chi connectivity index (χ1n) is 6.49. The SMILES string of the molecule is CC(C)CNC(=O)NC(=O)COC(=O)c1cc(Cl)ccc1F. The fourth-order valence-corrected chi connectivity index (χ4v) is 1.54. The van der Waals surface area contributed by atoms with E-state index >= 15 is 0 Å². The molecule has 8 heteroatoms. The van der Waals surface area contributed by atoms with Crippen LogP contribution in [0.25, 0.3) is 0 Å². The Morgan fingerprint density at radius 2 is 2.00 bits per heavy atom. The number of esters is 1. The second-order valence-corrected chi connectivity index (χ2v) is 5.29. The largest absolute Gasteiger partial charge is 0.452 e. The monoisotopic (exact) mass is 330 g/mol. The average molecular weight is 331 g/mol. The summed E-state index contributed by atoms with van der Waals surface area (Å²) < 4.78 is 18.0. The molecule has 0 bridgehead atoms. The zero-order chi connectivity index (χ0) is 16.7. The highest BCUT2D eigenvalue weighted by Gasteiger charge is 2.16. The van der Waals surface area contributed by atoms with Crippen LogP contribution in [0, 0.1) is 11.7 Å². The minimum atomic E-state index is -1.04. The van der Waals surface area contributed by atoms with Crippen molar-refractivity contribution in [1.82, 2.24) is 10.6 Å². The van der Waals surface area contributed by atoms with Crippen LogP contribution in [-0.2, 0) is 9.53 Å². The third kappa shape index (κ3) is 6.09. The Kier molecular flexibility index (Phi) is 6.78. The van der Waals surface area contributed by atoms with E-state index < -0.39 is 30.3 Å². The Hall–Kier alpha value is -2.15. The molecule has 120 valence electrons. The molecule has 0 aromatic heterocycles. The Balaban J connectivity index is 2.45. The van der Waals surface area contributed by atoms with Gasteiger partial charge in [0.1, 0.15) is 5.82 Å². The predicted molar refractivity (Wildman–Crippen MR) is 78.1 cm³/mol. The summed E-state index contributed by atoms with van der Waals surface area (Å²) in [6, 6.07) is 2.69. The molecule has 22 heavy (non-hydrogen) atoms. The number of hydrogen-bond acceptors (Lipinski definition) is 4. The third-order valence-electron chi connectivity index (χ3n) is 2.41. The standard InChI is InChI=1S/C14H16ClFN2O4/c1-8(2)6-17-14(21)18-12(19)7-22-13(20)10-5-9(15)3-4-11(10)16/h3-5,8H,6-7H2,1-2H3,(H2,17,18,19,21). The molecule has 1 aromatic carbocycles. The van der Waals surface area contributed by atoms with Gasteiger partial charge in [-0.1, -0.05) is 25.4 Å². The summed E-state index contributed by atoms with van der Waals surface area (Å²) in [5, 5.41) is 4.60. The van der Waals surface area contributed by atoms with Crippen molar-refractivity contribution in [2.45, 2.75) is 13.8 Å². The van der Waals surface area contributed by atoms with E-state index in [0.717, 1.165) is 12.1 Å². The van der Waals surface area contributed by atoms with Crippen molar-refractivity contribution in [2.75, 3.05) is 13.2 Å². The second kappa shape index (κ2) is 8.33. The summed E-state index contributed by atoms with van der Waals surface area (Å²) in [5.74, 6) is -2.45. The summed E-state index contributed by atoms with van der Waals surface area (Å²) >= 11 is 5.65. The molecule has 0 spiro atoms. The van der Waals surface area contributed by atoms with Gasteiger partial charge < -0.3 is 10.1 Å².